The Bertz CT molecular complexity index is 942. The van der Waals surface area contributed by atoms with Crippen LogP contribution in [0, 0.1) is 11.7 Å². The number of amides is 1. The van der Waals surface area contributed by atoms with E-state index in [-0.39, 0.29) is 11.6 Å². The lowest BCUT2D eigenvalue weighted by Gasteiger charge is -2.36. The number of carbonyl (C=O) groups excluding carboxylic acids is 1. The molecule has 2 aromatic rings. The molecule has 1 aliphatic heterocycles. The molecule has 2 aromatic carbocycles. The fraction of sp³-hybridized carbons (Fsp3) is 0.409. The van der Waals surface area contributed by atoms with Crippen molar-refractivity contribution in [1.29, 1.82) is 0 Å². The minimum Gasteiger partial charge on any atom is -0.341 e. The molecule has 3 rings (SSSR count). The molecule has 0 unspecified atom stereocenters. The summed E-state index contributed by atoms with van der Waals surface area (Å²) in [5, 5.41) is 0. The molecule has 1 saturated heterocycles. The third-order valence-electron chi connectivity index (χ3n) is 5.45. The van der Waals surface area contributed by atoms with Gasteiger partial charge in [-0.05, 0) is 49.8 Å². The number of hydrogen-bond acceptors (Lipinski definition) is 3. The molecular formula is C22H27FN2O3S. The molecule has 156 valence electrons. The molecule has 29 heavy (non-hydrogen) atoms. The lowest BCUT2D eigenvalue weighted by Crippen LogP contribution is -2.51. The zero-order valence-electron chi connectivity index (χ0n) is 16.8. The molecule has 7 heteroatoms. The molecule has 1 atom stereocenters. The van der Waals surface area contributed by atoms with Gasteiger partial charge in [-0.25, -0.2) is 12.8 Å². The van der Waals surface area contributed by atoms with Crippen molar-refractivity contribution in [3.05, 3.63) is 66.0 Å². The smallest absolute Gasteiger partial charge is 0.246 e. The maximum Gasteiger partial charge on any atom is 0.246 e. The van der Waals surface area contributed by atoms with E-state index in [4.69, 9.17) is 0 Å². The number of sulfonamides is 1. The third kappa shape index (κ3) is 5.15. The number of nitrogens with zero attached hydrogens (tertiary/aromatic N) is 2. The summed E-state index contributed by atoms with van der Waals surface area (Å²) in [6.07, 6.45) is 3.70. The summed E-state index contributed by atoms with van der Waals surface area (Å²) in [6, 6.07) is 14.9. The van der Waals surface area contributed by atoms with Crippen LogP contribution in [0.2, 0.25) is 0 Å². The lowest BCUT2D eigenvalue weighted by atomic mass is 9.90. The van der Waals surface area contributed by atoms with E-state index in [1.807, 2.05) is 18.2 Å². The number of rotatable bonds is 6. The van der Waals surface area contributed by atoms with Gasteiger partial charge >= 0.3 is 0 Å². The zero-order chi connectivity index (χ0) is 21.0. The first kappa shape index (κ1) is 21.3. The number of para-hydroxylation sites is 1. The van der Waals surface area contributed by atoms with Crippen LogP contribution in [0.5, 0.6) is 0 Å². The highest BCUT2D eigenvalue weighted by molar-refractivity contribution is 7.92. The van der Waals surface area contributed by atoms with Crippen LogP contribution in [0.4, 0.5) is 10.1 Å². The molecule has 0 saturated carbocycles. The Hall–Kier alpha value is -2.41. The number of halogens is 1. The SMILES string of the molecule is C[C@H](C(=O)N1CCC(Cc2ccccc2)CC1)N(c1ccccc1F)S(C)(=O)=O. The van der Waals surface area contributed by atoms with E-state index in [1.165, 1.54) is 30.7 Å². The van der Waals surface area contributed by atoms with Gasteiger partial charge in [-0.2, -0.15) is 0 Å². The summed E-state index contributed by atoms with van der Waals surface area (Å²) in [5.41, 5.74) is 1.18. The van der Waals surface area contributed by atoms with Crippen molar-refractivity contribution in [1.82, 2.24) is 4.90 Å². The summed E-state index contributed by atoms with van der Waals surface area (Å²) in [4.78, 5) is 14.7. The number of likely N-dealkylation sites (tertiary alicyclic amines) is 1. The van der Waals surface area contributed by atoms with Gasteiger partial charge in [-0.1, -0.05) is 42.5 Å². The summed E-state index contributed by atoms with van der Waals surface area (Å²) < 4.78 is 39.9. The van der Waals surface area contributed by atoms with Gasteiger partial charge < -0.3 is 4.90 Å². The van der Waals surface area contributed by atoms with Gasteiger partial charge in [-0.3, -0.25) is 9.10 Å². The van der Waals surface area contributed by atoms with Gasteiger partial charge in [-0.15, -0.1) is 0 Å². The molecule has 0 N–H and O–H groups in total. The summed E-state index contributed by atoms with van der Waals surface area (Å²) in [7, 11) is -3.83. The fourth-order valence-electron chi connectivity index (χ4n) is 3.97. The first-order valence-electron chi connectivity index (χ1n) is 9.84. The average Bonchev–Trinajstić information content (AvgIpc) is 2.69. The molecule has 0 aromatic heterocycles. The molecule has 0 aliphatic carbocycles. The van der Waals surface area contributed by atoms with Crippen LogP contribution in [0.15, 0.2) is 54.6 Å². The number of carbonyl (C=O) groups is 1. The second-order valence-electron chi connectivity index (χ2n) is 7.64. The van der Waals surface area contributed by atoms with Crippen LogP contribution in [-0.2, 0) is 21.2 Å². The predicted octanol–water partition coefficient (Wildman–Crippen LogP) is 3.46. The van der Waals surface area contributed by atoms with Crippen LogP contribution >= 0.6 is 0 Å². The minimum atomic E-state index is -3.83. The Balaban J connectivity index is 1.68. The topological polar surface area (TPSA) is 57.7 Å². The van der Waals surface area contributed by atoms with E-state index in [0.29, 0.717) is 19.0 Å². The second kappa shape index (κ2) is 8.95. The van der Waals surface area contributed by atoms with Crippen molar-refractivity contribution in [2.75, 3.05) is 23.7 Å². The van der Waals surface area contributed by atoms with Gasteiger partial charge in [0.2, 0.25) is 15.9 Å². The Morgan fingerprint density at radius 1 is 1.10 bits per heavy atom. The van der Waals surface area contributed by atoms with Gasteiger partial charge in [0, 0.05) is 13.1 Å². The van der Waals surface area contributed by atoms with Gasteiger partial charge in [0.05, 0.1) is 11.9 Å². The lowest BCUT2D eigenvalue weighted by molar-refractivity contribution is -0.133. The first-order chi connectivity index (χ1) is 13.8. The highest BCUT2D eigenvalue weighted by atomic mass is 32.2. The van der Waals surface area contributed by atoms with Crippen molar-refractivity contribution < 1.29 is 17.6 Å². The largest absolute Gasteiger partial charge is 0.341 e. The van der Waals surface area contributed by atoms with E-state index in [1.54, 1.807) is 11.0 Å². The Labute approximate surface area is 172 Å². The highest BCUT2D eigenvalue weighted by Crippen LogP contribution is 2.27. The van der Waals surface area contributed by atoms with E-state index in [9.17, 15) is 17.6 Å². The van der Waals surface area contributed by atoms with Crippen LogP contribution in [0.1, 0.15) is 25.3 Å². The predicted molar refractivity (Wildman–Crippen MR) is 113 cm³/mol. The maximum absolute atomic E-state index is 14.3. The van der Waals surface area contributed by atoms with E-state index >= 15 is 0 Å². The number of piperidine rings is 1. The average molecular weight is 419 g/mol. The van der Waals surface area contributed by atoms with E-state index < -0.39 is 21.9 Å². The summed E-state index contributed by atoms with van der Waals surface area (Å²) in [5.74, 6) is -0.467. The summed E-state index contributed by atoms with van der Waals surface area (Å²) >= 11 is 0. The second-order valence-corrected chi connectivity index (χ2v) is 9.50. The standard InChI is InChI=1S/C22H27FN2O3S/c1-17(25(29(2,27)28)21-11-7-6-10-20(21)23)22(26)24-14-12-19(13-15-24)16-18-8-4-3-5-9-18/h3-11,17,19H,12-16H2,1-2H3/t17-/m1/s1. The maximum atomic E-state index is 14.3. The molecule has 0 spiro atoms. The van der Waals surface area contributed by atoms with Crippen LogP contribution in [-0.4, -0.2) is 44.6 Å². The van der Waals surface area contributed by atoms with Gasteiger partial charge in [0.25, 0.3) is 0 Å². The Morgan fingerprint density at radius 3 is 2.28 bits per heavy atom. The fourth-order valence-corrected chi connectivity index (χ4v) is 5.14. The molecular weight excluding hydrogens is 391 g/mol. The molecule has 0 radical (unpaired) electrons. The molecule has 1 aliphatic rings. The Morgan fingerprint density at radius 2 is 1.69 bits per heavy atom. The van der Waals surface area contributed by atoms with E-state index in [2.05, 4.69) is 12.1 Å². The molecule has 1 amide bonds. The van der Waals surface area contributed by atoms with Gasteiger partial charge in [0.15, 0.2) is 0 Å². The quantitative estimate of drug-likeness (QED) is 0.722. The monoisotopic (exact) mass is 418 g/mol. The van der Waals surface area contributed by atoms with Crippen molar-refractivity contribution in [3.63, 3.8) is 0 Å². The van der Waals surface area contributed by atoms with Crippen molar-refractivity contribution in [2.45, 2.75) is 32.2 Å². The van der Waals surface area contributed by atoms with Gasteiger partial charge in [0.1, 0.15) is 11.9 Å². The summed E-state index contributed by atoms with van der Waals surface area (Å²) in [6.45, 7) is 2.68. The first-order valence-corrected chi connectivity index (χ1v) is 11.7. The number of hydrogen-bond donors (Lipinski definition) is 0. The highest BCUT2D eigenvalue weighted by Gasteiger charge is 2.34. The van der Waals surface area contributed by atoms with Crippen LogP contribution < -0.4 is 4.31 Å². The van der Waals surface area contributed by atoms with Crippen molar-refractivity contribution in [2.24, 2.45) is 5.92 Å². The molecule has 5 nitrogen and oxygen atoms in total. The van der Waals surface area contributed by atoms with Crippen molar-refractivity contribution >= 4 is 21.6 Å². The van der Waals surface area contributed by atoms with Crippen LogP contribution in [0.25, 0.3) is 0 Å². The number of anilines is 1. The zero-order valence-corrected chi connectivity index (χ0v) is 17.6. The normalized spacial score (nSPS) is 16.4. The molecule has 1 fully saturated rings. The Kier molecular flexibility index (Phi) is 6.57. The van der Waals surface area contributed by atoms with Crippen LogP contribution in [0.3, 0.4) is 0 Å². The molecule has 1 heterocycles. The minimum absolute atomic E-state index is 0.102. The molecule has 0 bridgehead atoms. The number of benzene rings is 2. The van der Waals surface area contributed by atoms with E-state index in [0.717, 1.165) is 29.8 Å². The van der Waals surface area contributed by atoms with Crippen molar-refractivity contribution in [3.8, 4) is 0 Å². The third-order valence-corrected chi connectivity index (χ3v) is 6.68.